The van der Waals surface area contributed by atoms with Crippen molar-refractivity contribution in [3.63, 3.8) is 0 Å². The van der Waals surface area contributed by atoms with Crippen molar-refractivity contribution in [2.24, 2.45) is 7.05 Å². The Hall–Kier alpha value is -1.89. The molecule has 2 aromatic heterocycles. The summed E-state index contributed by atoms with van der Waals surface area (Å²) in [7, 11) is -1.23. The molecule has 1 aliphatic rings. The molecular formula is C15H20N4O2S. The standard InChI is InChI=1S/C15H20N4O2S/c1-18-14(7-8-17-18)12-4-3-9-19(11-12)15-6-5-13(10-16-15)22(2,20)21/h5-8,10,12H,3-4,9,11H2,1-2H3. The zero-order valence-corrected chi connectivity index (χ0v) is 13.6. The number of sulfone groups is 1. The summed E-state index contributed by atoms with van der Waals surface area (Å²) in [4.78, 5) is 6.81. The first-order valence-electron chi connectivity index (χ1n) is 7.34. The van der Waals surface area contributed by atoms with Crippen LogP contribution in [0.4, 0.5) is 5.82 Å². The van der Waals surface area contributed by atoms with Crippen LogP contribution in [0.3, 0.4) is 0 Å². The van der Waals surface area contributed by atoms with E-state index >= 15 is 0 Å². The summed E-state index contributed by atoms with van der Waals surface area (Å²) in [5.74, 6) is 1.26. The van der Waals surface area contributed by atoms with E-state index in [1.165, 1.54) is 18.1 Å². The van der Waals surface area contributed by atoms with Gasteiger partial charge in [0, 0.05) is 50.4 Å². The third-order valence-electron chi connectivity index (χ3n) is 4.17. The van der Waals surface area contributed by atoms with E-state index in [9.17, 15) is 8.42 Å². The van der Waals surface area contributed by atoms with E-state index in [0.29, 0.717) is 5.92 Å². The molecule has 0 aliphatic carbocycles. The highest BCUT2D eigenvalue weighted by Gasteiger charge is 2.24. The van der Waals surface area contributed by atoms with Crippen molar-refractivity contribution in [1.82, 2.24) is 14.8 Å². The molecule has 118 valence electrons. The second kappa shape index (κ2) is 5.72. The second-order valence-corrected chi connectivity index (χ2v) is 7.80. The van der Waals surface area contributed by atoms with Crippen molar-refractivity contribution in [1.29, 1.82) is 0 Å². The highest BCUT2D eigenvalue weighted by molar-refractivity contribution is 7.90. The number of pyridine rings is 1. The molecule has 0 aromatic carbocycles. The van der Waals surface area contributed by atoms with Crippen LogP contribution in [0.5, 0.6) is 0 Å². The predicted octanol–water partition coefficient (Wildman–Crippen LogP) is 1.60. The first-order chi connectivity index (χ1) is 10.4. The van der Waals surface area contributed by atoms with Crippen LogP contribution in [-0.2, 0) is 16.9 Å². The molecular weight excluding hydrogens is 300 g/mol. The average molecular weight is 320 g/mol. The van der Waals surface area contributed by atoms with Gasteiger partial charge in [-0.3, -0.25) is 4.68 Å². The molecule has 3 heterocycles. The Morgan fingerprint density at radius 3 is 2.68 bits per heavy atom. The van der Waals surface area contributed by atoms with Gasteiger partial charge in [-0.25, -0.2) is 13.4 Å². The molecule has 1 fully saturated rings. The molecule has 0 spiro atoms. The molecule has 1 saturated heterocycles. The molecule has 0 saturated carbocycles. The van der Waals surface area contributed by atoms with Crippen LogP contribution in [0, 0.1) is 0 Å². The van der Waals surface area contributed by atoms with Gasteiger partial charge < -0.3 is 4.90 Å². The minimum Gasteiger partial charge on any atom is -0.356 e. The monoisotopic (exact) mass is 320 g/mol. The molecule has 1 atom stereocenters. The van der Waals surface area contributed by atoms with E-state index in [1.54, 1.807) is 12.1 Å². The van der Waals surface area contributed by atoms with Crippen LogP contribution in [0.25, 0.3) is 0 Å². The van der Waals surface area contributed by atoms with Gasteiger partial charge in [0.1, 0.15) is 5.82 Å². The van der Waals surface area contributed by atoms with Crippen molar-refractivity contribution < 1.29 is 8.42 Å². The van der Waals surface area contributed by atoms with Gasteiger partial charge in [-0.2, -0.15) is 5.10 Å². The van der Waals surface area contributed by atoms with Crippen LogP contribution in [0.2, 0.25) is 0 Å². The van der Waals surface area contributed by atoms with Gasteiger partial charge in [0.05, 0.1) is 4.90 Å². The van der Waals surface area contributed by atoms with Crippen molar-refractivity contribution in [2.45, 2.75) is 23.7 Å². The number of aryl methyl sites for hydroxylation is 1. The summed E-state index contributed by atoms with van der Waals surface area (Å²) in [6.07, 6.45) is 6.69. The van der Waals surface area contributed by atoms with E-state index in [-0.39, 0.29) is 4.90 Å². The second-order valence-electron chi connectivity index (χ2n) is 5.79. The SMILES string of the molecule is Cn1nccc1C1CCCN(c2ccc(S(C)(=O)=O)cn2)C1. The van der Waals surface area contributed by atoms with Gasteiger partial charge in [-0.05, 0) is 31.0 Å². The fourth-order valence-electron chi connectivity index (χ4n) is 2.99. The van der Waals surface area contributed by atoms with Gasteiger partial charge in [0.2, 0.25) is 0 Å². The first-order valence-corrected chi connectivity index (χ1v) is 9.23. The molecule has 1 aliphatic heterocycles. The number of hydrogen-bond donors (Lipinski definition) is 0. The zero-order chi connectivity index (χ0) is 15.7. The number of rotatable bonds is 3. The van der Waals surface area contributed by atoms with Gasteiger partial charge >= 0.3 is 0 Å². The molecule has 2 aromatic rings. The molecule has 7 heteroatoms. The summed E-state index contributed by atoms with van der Waals surface area (Å²) in [6, 6.07) is 5.49. The highest BCUT2D eigenvalue weighted by Crippen LogP contribution is 2.29. The Labute approximate surface area is 130 Å². The zero-order valence-electron chi connectivity index (χ0n) is 12.8. The fourth-order valence-corrected chi connectivity index (χ4v) is 3.55. The van der Waals surface area contributed by atoms with E-state index < -0.39 is 9.84 Å². The number of hydrogen-bond acceptors (Lipinski definition) is 5. The lowest BCUT2D eigenvalue weighted by molar-refractivity contribution is 0.480. The topological polar surface area (TPSA) is 68.1 Å². The maximum atomic E-state index is 11.5. The van der Waals surface area contributed by atoms with Gasteiger partial charge in [0.15, 0.2) is 9.84 Å². The van der Waals surface area contributed by atoms with Crippen molar-refractivity contribution in [2.75, 3.05) is 24.2 Å². The van der Waals surface area contributed by atoms with E-state index in [0.717, 1.165) is 31.7 Å². The lowest BCUT2D eigenvalue weighted by Crippen LogP contribution is -2.35. The fraction of sp³-hybridized carbons (Fsp3) is 0.467. The summed E-state index contributed by atoms with van der Waals surface area (Å²) in [5, 5.41) is 4.24. The molecule has 0 radical (unpaired) electrons. The number of aromatic nitrogens is 3. The van der Waals surface area contributed by atoms with Crippen molar-refractivity contribution in [3.8, 4) is 0 Å². The number of anilines is 1. The average Bonchev–Trinajstić information content (AvgIpc) is 2.93. The maximum absolute atomic E-state index is 11.5. The lowest BCUT2D eigenvalue weighted by Gasteiger charge is -2.33. The highest BCUT2D eigenvalue weighted by atomic mass is 32.2. The van der Waals surface area contributed by atoms with Crippen LogP contribution in [0.15, 0.2) is 35.5 Å². The van der Waals surface area contributed by atoms with E-state index in [1.807, 2.05) is 17.9 Å². The Kier molecular flexibility index (Phi) is 3.90. The van der Waals surface area contributed by atoms with Crippen molar-refractivity contribution in [3.05, 3.63) is 36.3 Å². The molecule has 0 amide bonds. The Morgan fingerprint density at radius 1 is 1.27 bits per heavy atom. The minimum atomic E-state index is -3.19. The molecule has 1 unspecified atom stereocenters. The number of nitrogens with zero attached hydrogens (tertiary/aromatic N) is 4. The normalized spacial score (nSPS) is 19.4. The smallest absolute Gasteiger partial charge is 0.177 e. The molecule has 0 bridgehead atoms. The number of piperidine rings is 1. The third kappa shape index (κ3) is 2.99. The minimum absolute atomic E-state index is 0.261. The molecule has 3 rings (SSSR count). The summed E-state index contributed by atoms with van der Waals surface area (Å²) in [5.41, 5.74) is 1.23. The third-order valence-corrected chi connectivity index (χ3v) is 5.27. The van der Waals surface area contributed by atoms with E-state index in [4.69, 9.17) is 0 Å². The lowest BCUT2D eigenvalue weighted by atomic mass is 9.94. The summed E-state index contributed by atoms with van der Waals surface area (Å²) in [6.45, 7) is 1.82. The molecule has 22 heavy (non-hydrogen) atoms. The van der Waals surface area contributed by atoms with Gasteiger partial charge in [0.25, 0.3) is 0 Å². The van der Waals surface area contributed by atoms with Gasteiger partial charge in [-0.15, -0.1) is 0 Å². The Balaban J connectivity index is 1.79. The quantitative estimate of drug-likeness (QED) is 0.859. The first kappa shape index (κ1) is 15.0. The van der Waals surface area contributed by atoms with Crippen LogP contribution in [-0.4, -0.2) is 42.5 Å². The Morgan fingerprint density at radius 2 is 2.09 bits per heavy atom. The predicted molar refractivity (Wildman–Crippen MR) is 84.7 cm³/mol. The summed E-state index contributed by atoms with van der Waals surface area (Å²) >= 11 is 0. The van der Waals surface area contributed by atoms with Crippen molar-refractivity contribution >= 4 is 15.7 Å². The van der Waals surface area contributed by atoms with Crippen LogP contribution in [0.1, 0.15) is 24.5 Å². The largest absolute Gasteiger partial charge is 0.356 e. The van der Waals surface area contributed by atoms with E-state index in [2.05, 4.69) is 21.0 Å². The van der Waals surface area contributed by atoms with Gasteiger partial charge in [-0.1, -0.05) is 0 Å². The van der Waals surface area contributed by atoms with Crippen LogP contribution < -0.4 is 4.90 Å². The maximum Gasteiger partial charge on any atom is 0.177 e. The molecule has 0 N–H and O–H groups in total. The summed E-state index contributed by atoms with van der Waals surface area (Å²) < 4.78 is 24.9. The Bertz CT molecular complexity index is 752. The molecule has 6 nitrogen and oxygen atoms in total. The van der Waals surface area contributed by atoms with Crippen LogP contribution >= 0.6 is 0 Å².